The van der Waals surface area contributed by atoms with Crippen LogP contribution in [0.5, 0.6) is 0 Å². The van der Waals surface area contributed by atoms with Crippen molar-refractivity contribution in [3.05, 3.63) is 34.7 Å². The van der Waals surface area contributed by atoms with Crippen molar-refractivity contribution in [3.63, 3.8) is 0 Å². The van der Waals surface area contributed by atoms with Gasteiger partial charge in [-0.1, -0.05) is 19.9 Å². The van der Waals surface area contributed by atoms with Crippen LogP contribution >= 0.6 is 0 Å². The van der Waals surface area contributed by atoms with Crippen molar-refractivity contribution in [1.29, 1.82) is 0 Å². The maximum atomic E-state index is 11.6. The van der Waals surface area contributed by atoms with E-state index in [-0.39, 0.29) is 5.56 Å². The molecule has 0 bridgehead atoms. The van der Waals surface area contributed by atoms with Gasteiger partial charge in [-0.15, -0.1) is 0 Å². The normalized spacial score (nSPS) is 24.5. The summed E-state index contributed by atoms with van der Waals surface area (Å²) in [5.74, 6) is 0.682. The Hall–Kier alpha value is -1.13. The Kier molecular flexibility index (Phi) is 5.16. The molecular weight excluding hydrogens is 238 g/mol. The average molecular weight is 263 g/mol. The molecule has 1 saturated heterocycles. The fourth-order valence-corrected chi connectivity index (χ4v) is 2.90. The van der Waals surface area contributed by atoms with E-state index >= 15 is 0 Å². The number of hydrogen-bond donors (Lipinski definition) is 1. The second kappa shape index (κ2) is 6.87. The van der Waals surface area contributed by atoms with E-state index in [0.717, 1.165) is 32.7 Å². The number of likely N-dealkylation sites (tertiary alicyclic amines) is 1. The number of aromatic nitrogens is 1. The van der Waals surface area contributed by atoms with E-state index in [4.69, 9.17) is 0 Å². The molecule has 1 aromatic rings. The average Bonchev–Trinajstić information content (AvgIpc) is 2.41. The molecule has 19 heavy (non-hydrogen) atoms. The third kappa shape index (κ3) is 3.91. The van der Waals surface area contributed by atoms with Crippen LogP contribution in [0.15, 0.2) is 29.2 Å². The molecule has 106 valence electrons. The lowest BCUT2D eigenvalue weighted by Gasteiger charge is -2.37. The Labute approximate surface area is 115 Å². The number of rotatable bonds is 5. The lowest BCUT2D eigenvalue weighted by atomic mass is 9.94. The standard InChI is InChI=1S/C15H25N3O/c1-3-16-14-7-9-17(12-13(14)2)10-11-18-8-5-4-6-15(18)19/h4-6,8,13-14,16H,3,7,9-12H2,1-2H3. The molecule has 1 N–H and O–H groups in total. The minimum Gasteiger partial charge on any atom is -0.314 e. The van der Waals surface area contributed by atoms with Crippen LogP contribution in [-0.2, 0) is 6.54 Å². The summed E-state index contributed by atoms with van der Waals surface area (Å²) in [6.45, 7) is 9.54. The summed E-state index contributed by atoms with van der Waals surface area (Å²) in [6.07, 6.45) is 3.08. The third-order valence-electron chi connectivity index (χ3n) is 4.01. The van der Waals surface area contributed by atoms with E-state index in [1.165, 1.54) is 6.42 Å². The fraction of sp³-hybridized carbons (Fsp3) is 0.667. The Balaban J connectivity index is 1.82. The maximum absolute atomic E-state index is 11.6. The number of piperidine rings is 1. The van der Waals surface area contributed by atoms with Crippen molar-refractivity contribution in [2.24, 2.45) is 5.92 Å². The second-order valence-corrected chi connectivity index (χ2v) is 5.46. The van der Waals surface area contributed by atoms with Crippen LogP contribution in [-0.4, -0.2) is 41.7 Å². The van der Waals surface area contributed by atoms with Crippen LogP contribution in [0.4, 0.5) is 0 Å². The van der Waals surface area contributed by atoms with E-state index in [9.17, 15) is 4.79 Å². The van der Waals surface area contributed by atoms with Gasteiger partial charge in [0.15, 0.2) is 0 Å². The maximum Gasteiger partial charge on any atom is 0.250 e. The number of nitrogens with one attached hydrogen (secondary N) is 1. The summed E-state index contributed by atoms with van der Waals surface area (Å²) in [6, 6.07) is 5.99. The minimum absolute atomic E-state index is 0.0954. The molecule has 2 unspecified atom stereocenters. The first-order valence-corrected chi connectivity index (χ1v) is 7.32. The van der Waals surface area contributed by atoms with Gasteiger partial charge in [0.2, 0.25) is 0 Å². The summed E-state index contributed by atoms with van der Waals surface area (Å²) < 4.78 is 1.79. The van der Waals surface area contributed by atoms with Gasteiger partial charge in [0.25, 0.3) is 5.56 Å². The molecule has 2 atom stereocenters. The smallest absolute Gasteiger partial charge is 0.250 e. The highest BCUT2D eigenvalue weighted by atomic mass is 16.1. The van der Waals surface area contributed by atoms with Gasteiger partial charge in [0, 0.05) is 37.9 Å². The van der Waals surface area contributed by atoms with Gasteiger partial charge < -0.3 is 14.8 Å². The van der Waals surface area contributed by atoms with Crippen LogP contribution < -0.4 is 10.9 Å². The van der Waals surface area contributed by atoms with Crippen molar-refractivity contribution < 1.29 is 0 Å². The number of pyridine rings is 1. The zero-order valence-electron chi connectivity index (χ0n) is 12.0. The van der Waals surface area contributed by atoms with E-state index in [2.05, 4.69) is 24.1 Å². The van der Waals surface area contributed by atoms with Gasteiger partial charge in [-0.3, -0.25) is 4.79 Å². The van der Waals surface area contributed by atoms with Gasteiger partial charge in [0.1, 0.15) is 0 Å². The topological polar surface area (TPSA) is 37.3 Å². The van der Waals surface area contributed by atoms with Gasteiger partial charge in [-0.25, -0.2) is 0 Å². The first-order chi connectivity index (χ1) is 9.20. The van der Waals surface area contributed by atoms with E-state index in [0.29, 0.717) is 12.0 Å². The molecule has 4 heteroatoms. The Bertz CT molecular complexity index is 443. The molecule has 0 radical (unpaired) electrons. The lowest BCUT2D eigenvalue weighted by molar-refractivity contribution is 0.144. The summed E-state index contributed by atoms with van der Waals surface area (Å²) in [4.78, 5) is 14.1. The van der Waals surface area contributed by atoms with Gasteiger partial charge >= 0.3 is 0 Å². The predicted molar refractivity (Wildman–Crippen MR) is 78.4 cm³/mol. The van der Waals surface area contributed by atoms with Crippen molar-refractivity contribution in [1.82, 2.24) is 14.8 Å². The minimum atomic E-state index is 0.0954. The van der Waals surface area contributed by atoms with E-state index < -0.39 is 0 Å². The summed E-state index contributed by atoms with van der Waals surface area (Å²) in [5.41, 5.74) is 0.0954. The highest BCUT2D eigenvalue weighted by Crippen LogP contribution is 2.16. The highest BCUT2D eigenvalue weighted by Gasteiger charge is 2.24. The first kappa shape index (κ1) is 14.3. The lowest BCUT2D eigenvalue weighted by Crippen LogP contribution is -2.49. The molecule has 1 aliphatic rings. The van der Waals surface area contributed by atoms with Crippen LogP contribution in [0.2, 0.25) is 0 Å². The Morgan fingerprint density at radius 1 is 1.37 bits per heavy atom. The van der Waals surface area contributed by atoms with Crippen LogP contribution in [0.3, 0.4) is 0 Å². The molecule has 2 rings (SSSR count). The zero-order valence-corrected chi connectivity index (χ0v) is 12.0. The highest BCUT2D eigenvalue weighted by molar-refractivity contribution is 4.93. The molecule has 0 aliphatic carbocycles. The number of nitrogens with zero attached hydrogens (tertiary/aromatic N) is 2. The van der Waals surface area contributed by atoms with E-state index in [1.807, 2.05) is 12.3 Å². The van der Waals surface area contributed by atoms with Crippen LogP contribution in [0, 0.1) is 5.92 Å². The quantitative estimate of drug-likeness (QED) is 0.866. The Morgan fingerprint density at radius 2 is 2.21 bits per heavy atom. The predicted octanol–water partition coefficient (Wildman–Crippen LogP) is 1.17. The zero-order chi connectivity index (χ0) is 13.7. The molecule has 1 fully saturated rings. The summed E-state index contributed by atoms with van der Waals surface area (Å²) >= 11 is 0. The molecule has 0 saturated carbocycles. The molecule has 0 spiro atoms. The molecule has 1 aliphatic heterocycles. The molecule has 1 aromatic heterocycles. The van der Waals surface area contributed by atoms with Gasteiger partial charge in [0.05, 0.1) is 0 Å². The largest absolute Gasteiger partial charge is 0.314 e. The van der Waals surface area contributed by atoms with Crippen molar-refractivity contribution in [2.75, 3.05) is 26.2 Å². The van der Waals surface area contributed by atoms with E-state index in [1.54, 1.807) is 16.7 Å². The fourth-order valence-electron chi connectivity index (χ4n) is 2.90. The SMILES string of the molecule is CCNC1CCN(CCn2ccccc2=O)CC1C. The van der Waals surface area contributed by atoms with Crippen molar-refractivity contribution in [2.45, 2.75) is 32.9 Å². The Morgan fingerprint density at radius 3 is 2.89 bits per heavy atom. The van der Waals surface area contributed by atoms with Crippen LogP contribution in [0.1, 0.15) is 20.3 Å². The van der Waals surface area contributed by atoms with Crippen molar-refractivity contribution >= 4 is 0 Å². The van der Waals surface area contributed by atoms with Crippen LogP contribution in [0.25, 0.3) is 0 Å². The monoisotopic (exact) mass is 263 g/mol. The van der Waals surface area contributed by atoms with Gasteiger partial charge in [-0.05, 0) is 31.5 Å². The number of hydrogen-bond acceptors (Lipinski definition) is 3. The molecule has 0 aromatic carbocycles. The second-order valence-electron chi connectivity index (χ2n) is 5.46. The molecular formula is C15H25N3O. The molecule has 2 heterocycles. The molecule has 0 amide bonds. The third-order valence-corrected chi connectivity index (χ3v) is 4.01. The van der Waals surface area contributed by atoms with Gasteiger partial charge in [-0.2, -0.15) is 0 Å². The molecule has 4 nitrogen and oxygen atoms in total. The summed E-state index contributed by atoms with van der Waals surface area (Å²) in [7, 11) is 0. The summed E-state index contributed by atoms with van der Waals surface area (Å²) in [5, 5.41) is 3.56. The van der Waals surface area contributed by atoms with Crippen molar-refractivity contribution in [3.8, 4) is 0 Å². The first-order valence-electron chi connectivity index (χ1n) is 7.32.